The predicted molar refractivity (Wildman–Crippen MR) is 72.4 cm³/mol. The van der Waals surface area contributed by atoms with E-state index in [1.807, 2.05) is 12.2 Å². The van der Waals surface area contributed by atoms with Crippen LogP contribution in [-0.4, -0.2) is 40.8 Å². The van der Waals surface area contributed by atoms with Crippen molar-refractivity contribution in [2.24, 2.45) is 0 Å². The lowest BCUT2D eigenvalue weighted by atomic mass is 10.1. The second kappa shape index (κ2) is 4.83. The zero-order chi connectivity index (χ0) is 11.5. The molecule has 0 radical (unpaired) electrons. The summed E-state index contributed by atoms with van der Waals surface area (Å²) in [6, 6.07) is 0. The highest BCUT2D eigenvalue weighted by Crippen LogP contribution is 2.24. The summed E-state index contributed by atoms with van der Waals surface area (Å²) in [7, 11) is 0. The molecule has 0 aromatic rings. The second-order valence-corrected chi connectivity index (χ2v) is 4.42. The van der Waals surface area contributed by atoms with Gasteiger partial charge in [-0.15, -0.1) is 0 Å². The van der Waals surface area contributed by atoms with Crippen LogP contribution < -0.4 is 0 Å². The van der Waals surface area contributed by atoms with Crippen molar-refractivity contribution in [2.45, 2.75) is 13.8 Å². The van der Waals surface area contributed by atoms with Crippen LogP contribution in [0.2, 0.25) is 0 Å². The van der Waals surface area contributed by atoms with Crippen molar-refractivity contribution in [1.29, 1.82) is 0 Å². The minimum Gasteiger partial charge on any atom is -0.356 e. The Bertz CT molecular complexity index is 365. The molecule has 86 valence electrons. The van der Waals surface area contributed by atoms with E-state index < -0.39 is 0 Å². The third-order valence-corrected chi connectivity index (χ3v) is 3.49. The van der Waals surface area contributed by atoms with Crippen molar-refractivity contribution in [2.75, 3.05) is 26.2 Å². The molecular formula is C13H18N2S. The molecule has 0 saturated carbocycles. The van der Waals surface area contributed by atoms with E-state index in [4.69, 9.17) is 12.2 Å². The molecule has 2 rings (SSSR count). The van der Waals surface area contributed by atoms with Crippen LogP contribution >= 0.6 is 12.2 Å². The van der Waals surface area contributed by atoms with Gasteiger partial charge < -0.3 is 9.80 Å². The number of allylic oxidation sites excluding steroid dienone is 5. The van der Waals surface area contributed by atoms with E-state index in [0.29, 0.717) is 0 Å². The topological polar surface area (TPSA) is 6.48 Å². The number of hydrogen-bond acceptors (Lipinski definition) is 3. The number of rotatable bonds is 2. The van der Waals surface area contributed by atoms with Crippen molar-refractivity contribution in [3.8, 4) is 0 Å². The van der Waals surface area contributed by atoms with E-state index in [-0.39, 0.29) is 0 Å². The molecule has 0 spiro atoms. The first kappa shape index (κ1) is 11.4. The standard InChI is InChI=1S/C13H18N2S/c1-3-14-9-10-15(4-2)13(14)11-7-5-6-8-12(11)16/h5-8H,3-4,9-10H2,1-2H3. The minimum atomic E-state index is 0.955. The Hall–Kier alpha value is -1.09. The zero-order valence-corrected chi connectivity index (χ0v) is 10.8. The van der Waals surface area contributed by atoms with E-state index >= 15 is 0 Å². The molecule has 1 fully saturated rings. The largest absolute Gasteiger partial charge is 0.356 e. The van der Waals surface area contributed by atoms with Gasteiger partial charge in [0.25, 0.3) is 0 Å². The second-order valence-electron chi connectivity index (χ2n) is 3.98. The molecule has 0 bridgehead atoms. The Kier molecular flexibility index (Phi) is 3.44. The summed E-state index contributed by atoms with van der Waals surface area (Å²) in [5.41, 5.74) is 1.21. The van der Waals surface area contributed by atoms with E-state index in [1.54, 1.807) is 0 Å². The molecule has 3 heteroatoms. The molecule has 0 aromatic carbocycles. The highest BCUT2D eigenvalue weighted by atomic mass is 32.1. The molecule has 0 N–H and O–H groups in total. The Balaban J connectivity index is 2.41. The predicted octanol–water partition coefficient (Wildman–Crippen LogP) is 2.35. The van der Waals surface area contributed by atoms with Crippen LogP contribution in [0.3, 0.4) is 0 Å². The van der Waals surface area contributed by atoms with Crippen LogP contribution in [0, 0.1) is 0 Å². The monoisotopic (exact) mass is 234 g/mol. The van der Waals surface area contributed by atoms with Crippen LogP contribution in [0.4, 0.5) is 0 Å². The number of thiocarbonyl (C=S) groups is 1. The van der Waals surface area contributed by atoms with Crippen LogP contribution in [0.25, 0.3) is 0 Å². The first-order valence-corrected chi connectivity index (χ1v) is 6.32. The fourth-order valence-electron chi connectivity index (χ4n) is 2.26. The fourth-order valence-corrected chi connectivity index (χ4v) is 2.50. The molecule has 0 atom stereocenters. The van der Waals surface area contributed by atoms with Gasteiger partial charge in [-0.05, 0) is 26.0 Å². The van der Waals surface area contributed by atoms with Crippen LogP contribution in [-0.2, 0) is 0 Å². The quantitative estimate of drug-likeness (QED) is 0.535. The first-order chi connectivity index (χ1) is 7.77. The molecule has 0 unspecified atom stereocenters. The lowest BCUT2D eigenvalue weighted by Gasteiger charge is -2.26. The maximum atomic E-state index is 5.42. The molecule has 1 heterocycles. The Labute approximate surface area is 103 Å². The maximum Gasteiger partial charge on any atom is 0.113 e. The molecule has 1 aliphatic carbocycles. The fraction of sp³-hybridized carbons (Fsp3) is 0.462. The van der Waals surface area contributed by atoms with Gasteiger partial charge in [-0.25, -0.2) is 0 Å². The third kappa shape index (κ3) is 1.92. The molecule has 2 nitrogen and oxygen atoms in total. The molecule has 16 heavy (non-hydrogen) atoms. The summed E-state index contributed by atoms with van der Waals surface area (Å²) in [4.78, 5) is 5.78. The van der Waals surface area contributed by atoms with E-state index in [9.17, 15) is 0 Å². The van der Waals surface area contributed by atoms with Crippen molar-refractivity contribution in [3.05, 3.63) is 35.7 Å². The van der Waals surface area contributed by atoms with Gasteiger partial charge in [0.1, 0.15) is 5.82 Å². The first-order valence-electron chi connectivity index (χ1n) is 5.91. The Morgan fingerprint density at radius 3 is 2.12 bits per heavy atom. The van der Waals surface area contributed by atoms with Gasteiger partial charge in [-0.3, -0.25) is 0 Å². The maximum absolute atomic E-state index is 5.42. The van der Waals surface area contributed by atoms with Crippen molar-refractivity contribution < 1.29 is 0 Å². The van der Waals surface area contributed by atoms with Crippen molar-refractivity contribution >= 4 is 17.1 Å². The summed E-state index contributed by atoms with van der Waals surface area (Å²) >= 11 is 5.42. The lowest BCUT2D eigenvalue weighted by molar-refractivity contribution is 0.355. The molecular weight excluding hydrogens is 216 g/mol. The Morgan fingerprint density at radius 1 is 1.06 bits per heavy atom. The highest BCUT2D eigenvalue weighted by molar-refractivity contribution is 7.81. The highest BCUT2D eigenvalue weighted by Gasteiger charge is 2.26. The average Bonchev–Trinajstić information content (AvgIpc) is 2.72. The van der Waals surface area contributed by atoms with Crippen molar-refractivity contribution in [1.82, 2.24) is 9.80 Å². The molecule has 0 aromatic heterocycles. The molecule has 1 saturated heterocycles. The number of likely N-dealkylation sites (N-methyl/N-ethyl adjacent to an activating group) is 2. The van der Waals surface area contributed by atoms with Crippen LogP contribution in [0.1, 0.15) is 13.8 Å². The molecule has 0 amide bonds. The minimum absolute atomic E-state index is 0.955. The van der Waals surface area contributed by atoms with Gasteiger partial charge in [0, 0.05) is 36.6 Å². The molecule has 1 aliphatic heterocycles. The summed E-state index contributed by atoms with van der Waals surface area (Å²) < 4.78 is 0. The summed E-state index contributed by atoms with van der Waals surface area (Å²) in [6.45, 7) is 8.73. The number of nitrogens with zero attached hydrogens (tertiary/aromatic N) is 2. The number of hydrogen-bond donors (Lipinski definition) is 0. The third-order valence-electron chi connectivity index (χ3n) is 3.13. The summed E-state index contributed by atoms with van der Waals surface area (Å²) in [6.07, 6.45) is 8.22. The van der Waals surface area contributed by atoms with Gasteiger partial charge in [0.2, 0.25) is 0 Å². The van der Waals surface area contributed by atoms with Gasteiger partial charge in [0.05, 0.1) is 0 Å². The van der Waals surface area contributed by atoms with Gasteiger partial charge in [-0.2, -0.15) is 0 Å². The van der Waals surface area contributed by atoms with E-state index in [1.165, 1.54) is 11.4 Å². The van der Waals surface area contributed by atoms with Crippen LogP contribution in [0.5, 0.6) is 0 Å². The smallest absolute Gasteiger partial charge is 0.113 e. The summed E-state index contributed by atoms with van der Waals surface area (Å²) in [5.74, 6) is 1.32. The lowest BCUT2D eigenvalue weighted by Crippen LogP contribution is -2.26. The SMILES string of the molecule is CCN1CCN(CC)C1=C1C=CC=CC1=S. The van der Waals surface area contributed by atoms with E-state index in [0.717, 1.165) is 31.0 Å². The molecule has 2 aliphatic rings. The van der Waals surface area contributed by atoms with Crippen molar-refractivity contribution in [3.63, 3.8) is 0 Å². The van der Waals surface area contributed by atoms with E-state index in [2.05, 4.69) is 35.8 Å². The zero-order valence-electron chi connectivity index (χ0n) is 9.94. The summed E-state index contributed by atoms with van der Waals surface area (Å²) in [5, 5.41) is 0. The Morgan fingerprint density at radius 2 is 1.62 bits per heavy atom. The normalized spacial score (nSPS) is 20.2. The van der Waals surface area contributed by atoms with Crippen LogP contribution in [0.15, 0.2) is 35.7 Å². The van der Waals surface area contributed by atoms with Gasteiger partial charge in [-0.1, -0.05) is 24.4 Å². The van der Waals surface area contributed by atoms with Gasteiger partial charge in [0.15, 0.2) is 0 Å². The average molecular weight is 234 g/mol. The van der Waals surface area contributed by atoms with Gasteiger partial charge >= 0.3 is 0 Å².